The first kappa shape index (κ1) is 26.9. The van der Waals surface area contributed by atoms with E-state index in [4.69, 9.17) is 9.47 Å². The molecule has 0 bridgehead atoms. The van der Waals surface area contributed by atoms with Crippen molar-refractivity contribution in [1.82, 2.24) is 14.5 Å². The van der Waals surface area contributed by atoms with Crippen LogP contribution < -0.4 is 0 Å². The number of carbonyl (C=O) groups excluding carboxylic acids is 3. The van der Waals surface area contributed by atoms with E-state index in [1.807, 2.05) is 51.1 Å². The second-order valence-electron chi connectivity index (χ2n) is 10.7. The molecular weight excluding hydrogens is 458 g/mol. The molecule has 0 saturated carbocycles. The van der Waals surface area contributed by atoms with Gasteiger partial charge < -0.3 is 14.4 Å². The minimum atomic E-state index is -0.680. The summed E-state index contributed by atoms with van der Waals surface area (Å²) >= 11 is 0. The van der Waals surface area contributed by atoms with E-state index in [0.717, 1.165) is 5.56 Å². The number of fused-ring (bicyclic) bond motifs is 1. The van der Waals surface area contributed by atoms with E-state index in [9.17, 15) is 14.4 Å². The number of ketones is 1. The minimum Gasteiger partial charge on any atom is -0.444 e. The molecule has 0 N–H and O–H groups in total. The van der Waals surface area contributed by atoms with Crippen molar-refractivity contribution in [1.29, 1.82) is 0 Å². The molecule has 2 aromatic carbocycles. The van der Waals surface area contributed by atoms with Crippen molar-refractivity contribution < 1.29 is 23.9 Å². The fourth-order valence-corrected chi connectivity index (χ4v) is 3.66. The highest BCUT2D eigenvalue weighted by atomic mass is 16.6. The molecule has 0 fully saturated rings. The van der Waals surface area contributed by atoms with Crippen LogP contribution in [-0.4, -0.2) is 50.2 Å². The van der Waals surface area contributed by atoms with Crippen LogP contribution in [-0.2, 0) is 22.4 Å². The molecule has 0 aliphatic rings. The van der Waals surface area contributed by atoms with E-state index in [1.54, 1.807) is 43.9 Å². The van der Waals surface area contributed by atoms with Crippen LogP contribution in [0, 0.1) is 0 Å². The number of hydrogen-bond acceptors (Lipinski definition) is 6. The summed E-state index contributed by atoms with van der Waals surface area (Å²) in [5, 5.41) is 0. The molecule has 1 amide bonds. The highest BCUT2D eigenvalue weighted by Crippen LogP contribution is 2.21. The van der Waals surface area contributed by atoms with Crippen LogP contribution in [0.5, 0.6) is 0 Å². The number of nitrogens with zero attached hydrogens (tertiary/aromatic N) is 3. The third-order valence-corrected chi connectivity index (χ3v) is 5.17. The third-order valence-electron chi connectivity index (χ3n) is 5.17. The van der Waals surface area contributed by atoms with E-state index in [1.165, 1.54) is 11.5 Å². The van der Waals surface area contributed by atoms with Crippen LogP contribution in [0.2, 0.25) is 0 Å². The molecule has 0 saturated heterocycles. The number of para-hydroxylation sites is 2. The van der Waals surface area contributed by atoms with Crippen LogP contribution in [0.15, 0.2) is 48.5 Å². The van der Waals surface area contributed by atoms with Crippen molar-refractivity contribution >= 4 is 29.0 Å². The summed E-state index contributed by atoms with van der Waals surface area (Å²) in [6.07, 6.45) is -0.723. The van der Waals surface area contributed by atoms with E-state index in [0.29, 0.717) is 28.8 Å². The van der Waals surface area contributed by atoms with Crippen molar-refractivity contribution in [2.24, 2.45) is 0 Å². The maximum atomic E-state index is 13.1. The molecule has 0 radical (unpaired) electrons. The standard InChI is InChI=1S/C28H35N3O5/c1-19(32)21-12-10-11-20(17-21)18-30(25(33)35-27(2,3)4)16-15-24-29-22-13-8-9-14-23(22)31(24)26(34)36-28(5,6)7/h8-14,17H,15-16,18H2,1-7H3. The molecule has 36 heavy (non-hydrogen) atoms. The largest absolute Gasteiger partial charge is 0.444 e. The lowest BCUT2D eigenvalue weighted by atomic mass is 10.1. The molecule has 3 aromatic rings. The summed E-state index contributed by atoms with van der Waals surface area (Å²) in [6.45, 7) is 12.8. The molecular formula is C28H35N3O5. The topological polar surface area (TPSA) is 90.7 Å². The van der Waals surface area contributed by atoms with Gasteiger partial charge in [0, 0.05) is 25.1 Å². The Balaban J connectivity index is 1.92. The van der Waals surface area contributed by atoms with Crippen molar-refractivity contribution in [2.75, 3.05) is 6.54 Å². The average molecular weight is 494 g/mol. The molecule has 1 aromatic heterocycles. The van der Waals surface area contributed by atoms with E-state index in [2.05, 4.69) is 4.98 Å². The highest BCUT2D eigenvalue weighted by molar-refractivity contribution is 5.94. The number of imidazole rings is 1. The first-order valence-electron chi connectivity index (χ1n) is 12.0. The van der Waals surface area contributed by atoms with E-state index >= 15 is 0 Å². The van der Waals surface area contributed by atoms with E-state index in [-0.39, 0.29) is 18.9 Å². The summed E-state index contributed by atoms with van der Waals surface area (Å²) in [6, 6.07) is 14.5. The van der Waals surface area contributed by atoms with Crippen LogP contribution in [0.25, 0.3) is 11.0 Å². The number of rotatable bonds is 6. The van der Waals surface area contributed by atoms with Gasteiger partial charge in [-0.25, -0.2) is 19.1 Å². The number of ether oxygens (including phenoxy) is 2. The molecule has 0 unspecified atom stereocenters. The number of benzene rings is 2. The maximum absolute atomic E-state index is 13.1. The van der Waals surface area contributed by atoms with Gasteiger partial charge in [0.1, 0.15) is 17.0 Å². The van der Waals surface area contributed by atoms with Gasteiger partial charge in [0.05, 0.1) is 11.0 Å². The number of amides is 1. The minimum absolute atomic E-state index is 0.0493. The molecule has 0 spiro atoms. The smallest absolute Gasteiger partial charge is 0.420 e. The predicted octanol–water partition coefficient (Wildman–Crippen LogP) is 6.00. The molecule has 8 nitrogen and oxygen atoms in total. The first-order valence-corrected chi connectivity index (χ1v) is 12.0. The van der Waals surface area contributed by atoms with E-state index < -0.39 is 23.4 Å². The molecule has 0 aliphatic heterocycles. The molecule has 192 valence electrons. The maximum Gasteiger partial charge on any atom is 0.420 e. The first-order chi connectivity index (χ1) is 16.7. The SMILES string of the molecule is CC(=O)c1cccc(CN(CCc2nc3ccccc3n2C(=O)OC(C)(C)C)C(=O)OC(C)(C)C)c1. The van der Waals surface area contributed by atoms with Crippen molar-refractivity contribution in [2.45, 2.75) is 72.6 Å². The second kappa shape index (κ2) is 10.5. The zero-order chi connectivity index (χ0) is 26.7. The Bertz CT molecular complexity index is 1260. The van der Waals surface area contributed by atoms with Crippen LogP contribution in [0.4, 0.5) is 9.59 Å². The monoisotopic (exact) mass is 493 g/mol. The summed E-state index contributed by atoms with van der Waals surface area (Å²) in [4.78, 5) is 44.2. The Kier molecular flexibility index (Phi) is 7.86. The van der Waals surface area contributed by atoms with Gasteiger partial charge in [0.15, 0.2) is 5.78 Å². The highest BCUT2D eigenvalue weighted by Gasteiger charge is 2.26. The number of hydrogen-bond donors (Lipinski definition) is 0. The van der Waals surface area contributed by atoms with Crippen molar-refractivity contribution in [3.8, 4) is 0 Å². The van der Waals surface area contributed by atoms with Crippen LogP contribution in [0.1, 0.15) is 70.2 Å². The zero-order valence-electron chi connectivity index (χ0n) is 22.1. The van der Waals surface area contributed by atoms with Gasteiger partial charge in [0.2, 0.25) is 0 Å². The molecule has 1 heterocycles. The fraction of sp³-hybridized carbons (Fsp3) is 0.429. The Morgan fingerprint density at radius 2 is 1.58 bits per heavy atom. The Hall–Kier alpha value is -3.68. The fourth-order valence-electron chi connectivity index (χ4n) is 3.66. The van der Waals surface area contributed by atoms with Gasteiger partial charge in [-0.3, -0.25) is 4.79 Å². The predicted molar refractivity (Wildman–Crippen MR) is 138 cm³/mol. The van der Waals surface area contributed by atoms with Gasteiger partial charge in [0.25, 0.3) is 0 Å². The number of carbonyl (C=O) groups is 3. The summed E-state index contributed by atoms with van der Waals surface area (Å²) < 4.78 is 12.7. The molecule has 0 aliphatic carbocycles. The average Bonchev–Trinajstić information content (AvgIpc) is 3.13. The molecule has 8 heteroatoms. The normalized spacial score (nSPS) is 11.9. The Labute approximate surface area is 212 Å². The number of aromatic nitrogens is 2. The van der Waals surface area contributed by atoms with Gasteiger partial charge in [-0.15, -0.1) is 0 Å². The van der Waals surface area contributed by atoms with Gasteiger partial charge in [-0.05, 0) is 72.2 Å². The molecule has 0 atom stereocenters. The van der Waals surface area contributed by atoms with Crippen molar-refractivity contribution in [3.05, 3.63) is 65.5 Å². The lowest BCUT2D eigenvalue weighted by Crippen LogP contribution is -2.38. The van der Waals surface area contributed by atoms with Gasteiger partial charge in [-0.2, -0.15) is 0 Å². The second-order valence-corrected chi connectivity index (χ2v) is 10.7. The van der Waals surface area contributed by atoms with Crippen LogP contribution >= 0.6 is 0 Å². The van der Waals surface area contributed by atoms with Gasteiger partial charge >= 0.3 is 12.2 Å². The Morgan fingerprint density at radius 3 is 2.22 bits per heavy atom. The number of Topliss-reactive ketones (excluding diaryl/α,β-unsaturated/α-hetero) is 1. The Morgan fingerprint density at radius 1 is 0.917 bits per heavy atom. The van der Waals surface area contributed by atoms with Crippen molar-refractivity contribution in [3.63, 3.8) is 0 Å². The van der Waals surface area contributed by atoms with Gasteiger partial charge in [-0.1, -0.05) is 30.3 Å². The summed E-state index contributed by atoms with van der Waals surface area (Å²) in [5.74, 6) is 0.434. The lowest BCUT2D eigenvalue weighted by molar-refractivity contribution is 0.0235. The lowest BCUT2D eigenvalue weighted by Gasteiger charge is -2.27. The summed E-state index contributed by atoms with van der Waals surface area (Å²) in [7, 11) is 0. The quantitative estimate of drug-likeness (QED) is 0.391. The zero-order valence-corrected chi connectivity index (χ0v) is 22.1. The molecule has 3 rings (SSSR count). The van der Waals surface area contributed by atoms with Crippen LogP contribution in [0.3, 0.4) is 0 Å². The third kappa shape index (κ3) is 7.16. The summed E-state index contributed by atoms with van der Waals surface area (Å²) in [5.41, 5.74) is 1.32.